The molecule has 3 N–H and O–H groups in total. The number of piperidine rings is 1. The van der Waals surface area contributed by atoms with Gasteiger partial charge in [0.1, 0.15) is 11.8 Å². The molecule has 2 aromatic carbocycles. The van der Waals surface area contributed by atoms with Crippen molar-refractivity contribution in [3.8, 4) is 16.8 Å². The van der Waals surface area contributed by atoms with Gasteiger partial charge in [0.15, 0.2) is 12.1 Å². The number of nitrogens with two attached hydrogens (primary N) is 1. The van der Waals surface area contributed by atoms with Crippen LogP contribution in [0.25, 0.3) is 22.3 Å². The predicted octanol–water partition coefficient (Wildman–Crippen LogP) is 5.18. The standard InChI is InChI=1S/C22H28N6O.C17H18N2O3/c1-14(2)22(29)27-10-8-16(9-11-27)19-12-18(15-4-6-17(24-3)7-5-15)20-21(23)25-13-26-28(19)20;1-13-16(18-7-9-22-10-8-18)11-14(12-20)17(21)19(13)15-5-3-2-4-6-15/h4-7,12-14,16,24H,8-11H2,1-3H3,(H2,23,25,26);2-6,11-12H,7-10H2,1H3. The first kappa shape index (κ1) is 35.3. The topological polar surface area (TPSA) is 140 Å². The number of rotatable bonds is 7. The molecular weight excluding hydrogens is 644 g/mol. The van der Waals surface area contributed by atoms with E-state index in [1.807, 2.05) is 67.6 Å². The zero-order chi connectivity index (χ0) is 36.1. The molecule has 51 heavy (non-hydrogen) atoms. The van der Waals surface area contributed by atoms with Gasteiger partial charge in [-0.25, -0.2) is 9.50 Å². The molecule has 0 saturated carbocycles. The van der Waals surface area contributed by atoms with E-state index in [0.29, 0.717) is 31.2 Å². The third-order valence-electron chi connectivity index (χ3n) is 9.76. The number of morpholine rings is 1. The molecule has 3 aromatic heterocycles. The largest absolute Gasteiger partial charge is 0.388 e. The van der Waals surface area contributed by atoms with Gasteiger partial charge in [0.2, 0.25) is 5.91 Å². The minimum Gasteiger partial charge on any atom is -0.388 e. The van der Waals surface area contributed by atoms with E-state index < -0.39 is 0 Å². The first-order valence-electron chi connectivity index (χ1n) is 17.5. The van der Waals surface area contributed by atoms with Crippen molar-refractivity contribution in [1.82, 2.24) is 24.1 Å². The fourth-order valence-electron chi connectivity index (χ4n) is 6.99. The number of fused-ring (bicyclic) bond motifs is 1. The van der Waals surface area contributed by atoms with Gasteiger partial charge in [0, 0.05) is 73.4 Å². The number of benzene rings is 2. The molecule has 266 valence electrons. The molecule has 12 nitrogen and oxygen atoms in total. The van der Waals surface area contributed by atoms with Gasteiger partial charge in [-0.2, -0.15) is 5.10 Å². The van der Waals surface area contributed by atoms with Crippen molar-refractivity contribution in [1.29, 1.82) is 0 Å². The lowest BCUT2D eigenvalue weighted by molar-refractivity contribution is -0.135. The van der Waals surface area contributed by atoms with Crippen LogP contribution in [-0.4, -0.2) is 82.7 Å². The summed E-state index contributed by atoms with van der Waals surface area (Å²) in [5.41, 5.74) is 13.8. The number of likely N-dealkylation sites (tertiary alicyclic amines) is 1. The van der Waals surface area contributed by atoms with Crippen molar-refractivity contribution < 1.29 is 14.3 Å². The van der Waals surface area contributed by atoms with E-state index in [0.717, 1.165) is 84.1 Å². The lowest BCUT2D eigenvalue weighted by Crippen LogP contribution is -2.40. The smallest absolute Gasteiger partial charge is 0.266 e. The normalized spacial score (nSPS) is 15.1. The maximum absolute atomic E-state index is 12.5. The van der Waals surface area contributed by atoms with Crippen LogP contribution in [0.1, 0.15) is 54.4 Å². The molecule has 0 unspecified atom stereocenters. The van der Waals surface area contributed by atoms with Crippen molar-refractivity contribution in [3.63, 3.8) is 0 Å². The Morgan fingerprint density at radius 1 is 1.00 bits per heavy atom. The number of nitrogens with zero attached hydrogens (tertiary/aromatic N) is 6. The van der Waals surface area contributed by atoms with Gasteiger partial charge in [0.05, 0.1) is 24.5 Å². The number of nitrogens with one attached hydrogen (secondary N) is 1. The Hall–Kier alpha value is -5.49. The van der Waals surface area contributed by atoms with E-state index in [9.17, 15) is 14.4 Å². The zero-order valence-corrected chi connectivity index (χ0v) is 29.7. The molecule has 12 heteroatoms. The van der Waals surface area contributed by atoms with Crippen LogP contribution in [0.15, 0.2) is 77.9 Å². The summed E-state index contributed by atoms with van der Waals surface area (Å²) in [5.74, 6) is 1.09. The van der Waals surface area contributed by atoms with E-state index >= 15 is 0 Å². The van der Waals surface area contributed by atoms with Crippen LogP contribution in [0.2, 0.25) is 0 Å². The molecule has 0 bridgehead atoms. The van der Waals surface area contributed by atoms with E-state index in [2.05, 4.69) is 50.6 Å². The van der Waals surface area contributed by atoms with Crippen molar-refractivity contribution in [3.05, 3.63) is 100 Å². The SMILES string of the molecule is CNc1ccc(-c2cc(C3CCN(C(=O)C(C)C)CC3)n3ncnc(N)c23)cc1.Cc1c(N2CCOCC2)cc(C=O)c(=O)n1-c1ccccc1. The van der Waals surface area contributed by atoms with Crippen LogP contribution in [0.5, 0.6) is 0 Å². The van der Waals surface area contributed by atoms with Crippen LogP contribution in [0, 0.1) is 12.8 Å². The van der Waals surface area contributed by atoms with Gasteiger partial charge in [-0.05, 0) is 61.7 Å². The fourth-order valence-corrected chi connectivity index (χ4v) is 6.99. The van der Waals surface area contributed by atoms with Crippen LogP contribution < -0.4 is 21.5 Å². The Morgan fingerprint density at radius 2 is 1.69 bits per heavy atom. The van der Waals surface area contributed by atoms with Gasteiger partial charge >= 0.3 is 0 Å². The summed E-state index contributed by atoms with van der Waals surface area (Å²) in [4.78, 5) is 44.5. The lowest BCUT2D eigenvalue weighted by atomic mass is 9.92. The Morgan fingerprint density at radius 3 is 2.31 bits per heavy atom. The minimum atomic E-state index is -0.282. The minimum absolute atomic E-state index is 0.0420. The summed E-state index contributed by atoms with van der Waals surface area (Å²) in [6.07, 6.45) is 3.99. The van der Waals surface area contributed by atoms with Crippen molar-refractivity contribution in [2.24, 2.45) is 5.92 Å². The summed E-state index contributed by atoms with van der Waals surface area (Å²) in [5, 5.41) is 7.66. The van der Waals surface area contributed by atoms with Crippen LogP contribution in [0.3, 0.4) is 0 Å². The predicted molar refractivity (Wildman–Crippen MR) is 201 cm³/mol. The maximum Gasteiger partial charge on any atom is 0.266 e. The lowest BCUT2D eigenvalue weighted by Gasteiger charge is -2.33. The van der Waals surface area contributed by atoms with Crippen LogP contribution in [-0.2, 0) is 9.53 Å². The monoisotopic (exact) mass is 690 g/mol. The number of anilines is 3. The number of pyridine rings is 1. The molecule has 2 fully saturated rings. The zero-order valence-electron chi connectivity index (χ0n) is 29.7. The molecule has 5 heterocycles. The number of aromatic nitrogens is 4. The second kappa shape index (κ2) is 15.6. The van der Waals surface area contributed by atoms with E-state index in [1.165, 1.54) is 6.33 Å². The number of carbonyl (C=O) groups excluding carboxylic acids is 2. The second-order valence-corrected chi connectivity index (χ2v) is 13.2. The number of ether oxygens (including phenoxy) is 1. The second-order valence-electron chi connectivity index (χ2n) is 13.2. The van der Waals surface area contributed by atoms with Crippen molar-refractivity contribution in [2.75, 3.05) is 62.4 Å². The molecule has 7 rings (SSSR count). The quantitative estimate of drug-likeness (QED) is 0.221. The third-order valence-corrected chi connectivity index (χ3v) is 9.76. The molecule has 0 aliphatic carbocycles. The molecule has 1 amide bonds. The number of aldehydes is 1. The van der Waals surface area contributed by atoms with Crippen LogP contribution >= 0.6 is 0 Å². The fraction of sp³-hybridized carbons (Fsp3) is 0.359. The number of hydrogen-bond acceptors (Lipinski definition) is 9. The Bertz CT molecular complexity index is 2040. The Labute approximate surface area is 297 Å². The summed E-state index contributed by atoms with van der Waals surface area (Å²) in [6.45, 7) is 10.2. The maximum atomic E-state index is 12.5. The number of nitrogen functional groups attached to an aromatic ring is 1. The van der Waals surface area contributed by atoms with E-state index in [4.69, 9.17) is 10.5 Å². The van der Waals surface area contributed by atoms with E-state index in [-0.39, 0.29) is 22.9 Å². The van der Waals surface area contributed by atoms with Gasteiger partial charge < -0.3 is 25.6 Å². The first-order chi connectivity index (χ1) is 24.7. The highest BCUT2D eigenvalue weighted by Gasteiger charge is 2.28. The molecule has 5 aromatic rings. The molecule has 0 radical (unpaired) electrons. The summed E-state index contributed by atoms with van der Waals surface area (Å²) in [6, 6.07) is 21.5. The highest BCUT2D eigenvalue weighted by molar-refractivity contribution is 5.89. The Balaban J connectivity index is 0.000000183. The third kappa shape index (κ3) is 7.36. The van der Waals surface area contributed by atoms with Crippen molar-refractivity contribution >= 4 is 34.9 Å². The Kier molecular flexibility index (Phi) is 10.8. The summed E-state index contributed by atoms with van der Waals surface area (Å²) in [7, 11) is 1.91. The number of carbonyl (C=O) groups is 2. The average molecular weight is 691 g/mol. The van der Waals surface area contributed by atoms with Gasteiger partial charge in [-0.15, -0.1) is 0 Å². The van der Waals surface area contributed by atoms with Crippen LogP contribution in [0.4, 0.5) is 17.2 Å². The molecule has 0 spiro atoms. The highest BCUT2D eigenvalue weighted by atomic mass is 16.5. The van der Waals surface area contributed by atoms with Gasteiger partial charge in [0.25, 0.3) is 5.56 Å². The van der Waals surface area contributed by atoms with Gasteiger partial charge in [-0.1, -0.05) is 44.2 Å². The van der Waals surface area contributed by atoms with Gasteiger partial charge in [-0.3, -0.25) is 19.0 Å². The number of para-hydroxylation sites is 1. The summed E-state index contributed by atoms with van der Waals surface area (Å²) < 4.78 is 8.92. The first-order valence-corrected chi connectivity index (χ1v) is 17.5. The average Bonchev–Trinajstić information content (AvgIpc) is 3.57. The molecule has 2 aliphatic rings. The van der Waals surface area contributed by atoms with E-state index in [1.54, 1.807) is 10.6 Å². The van der Waals surface area contributed by atoms with Crippen molar-refractivity contribution in [2.45, 2.75) is 39.5 Å². The number of hydrogen-bond donors (Lipinski definition) is 2. The number of amides is 1. The summed E-state index contributed by atoms with van der Waals surface area (Å²) >= 11 is 0. The highest BCUT2D eigenvalue weighted by Crippen LogP contribution is 2.37. The molecule has 2 saturated heterocycles. The molecule has 0 atom stereocenters. The molecule has 2 aliphatic heterocycles. The molecular formula is C39H46N8O4.